The number of anilines is 2. The number of primary amides is 1. The van der Waals surface area contributed by atoms with Gasteiger partial charge in [0, 0.05) is 23.6 Å². The molecule has 0 fully saturated rings. The lowest BCUT2D eigenvalue weighted by Gasteiger charge is -2.12. The van der Waals surface area contributed by atoms with Gasteiger partial charge in [-0.15, -0.1) is 0 Å². The van der Waals surface area contributed by atoms with Gasteiger partial charge >= 0.3 is 0 Å². The van der Waals surface area contributed by atoms with Crippen LogP contribution in [0.4, 0.5) is 15.9 Å². The molecule has 3 N–H and O–H groups in total. The van der Waals surface area contributed by atoms with Crippen LogP contribution in [0.25, 0.3) is 22.4 Å². The molecule has 138 valence electrons. The van der Waals surface area contributed by atoms with Crippen LogP contribution >= 0.6 is 11.6 Å². The summed E-state index contributed by atoms with van der Waals surface area (Å²) in [4.78, 5) is 28.6. The molecule has 0 unspecified atom stereocenters. The summed E-state index contributed by atoms with van der Waals surface area (Å²) in [5.41, 5.74) is 6.49. The second kappa shape index (κ2) is 7.16. The molecule has 3 aromatic heterocycles. The number of nitrogens with one attached hydrogen (secondary N) is 1. The smallest absolute Gasteiger partial charge is 0.252 e. The van der Waals surface area contributed by atoms with Crippen molar-refractivity contribution in [2.75, 3.05) is 5.32 Å². The van der Waals surface area contributed by atoms with Gasteiger partial charge in [0.2, 0.25) is 0 Å². The molecule has 1 amide bonds. The molecule has 4 rings (SSSR count). The maximum Gasteiger partial charge on any atom is 0.252 e. The Kier molecular flexibility index (Phi) is 4.54. The highest BCUT2D eigenvalue weighted by atomic mass is 35.5. The van der Waals surface area contributed by atoms with E-state index in [1.807, 2.05) is 0 Å². The summed E-state index contributed by atoms with van der Waals surface area (Å²) in [7, 11) is 0. The van der Waals surface area contributed by atoms with E-state index in [-0.39, 0.29) is 17.0 Å². The number of rotatable bonds is 4. The van der Waals surface area contributed by atoms with Gasteiger partial charge in [-0.3, -0.25) is 9.78 Å². The van der Waals surface area contributed by atoms with Crippen molar-refractivity contribution in [1.29, 1.82) is 0 Å². The number of carbonyl (C=O) groups is 1. The first kappa shape index (κ1) is 17.7. The number of benzene rings is 1. The fraction of sp³-hybridized carbons (Fsp3) is 0. The van der Waals surface area contributed by atoms with Crippen molar-refractivity contribution in [2.45, 2.75) is 0 Å². The van der Waals surface area contributed by atoms with Gasteiger partial charge in [0.25, 0.3) is 5.91 Å². The lowest BCUT2D eigenvalue weighted by Crippen LogP contribution is -2.14. The first-order valence-corrected chi connectivity index (χ1v) is 8.50. The minimum absolute atomic E-state index is 0.100. The van der Waals surface area contributed by atoms with Crippen LogP contribution in [0.5, 0.6) is 0 Å². The normalized spacial score (nSPS) is 10.8. The summed E-state index contributed by atoms with van der Waals surface area (Å²) in [6, 6.07) is 9.18. The van der Waals surface area contributed by atoms with E-state index in [1.165, 1.54) is 30.6 Å². The molecule has 7 nitrogen and oxygen atoms in total. The van der Waals surface area contributed by atoms with Gasteiger partial charge in [-0.1, -0.05) is 11.6 Å². The number of aromatic nitrogens is 4. The Bertz CT molecular complexity index is 1220. The number of pyridine rings is 2. The van der Waals surface area contributed by atoms with E-state index >= 15 is 0 Å². The quantitative estimate of drug-likeness (QED) is 0.546. The highest BCUT2D eigenvalue weighted by molar-refractivity contribution is 6.30. The van der Waals surface area contributed by atoms with Gasteiger partial charge in [-0.05, 0) is 36.4 Å². The number of fused-ring (bicyclic) bond motifs is 1. The molecule has 4 aromatic rings. The lowest BCUT2D eigenvalue weighted by molar-refractivity contribution is 0.100. The molecule has 0 aliphatic rings. The molecule has 0 saturated heterocycles. The Balaban J connectivity index is 1.91. The molecular weight excluding hydrogens is 383 g/mol. The third kappa shape index (κ3) is 3.33. The second-order valence-electron chi connectivity index (χ2n) is 5.81. The van der Waals surface area contributed by atoms with Gasteiger partial charge in [-0.25, -0.2) is 19.3 Å². The molecule has 0 aliphatic heterocycles. The molecule has 0 bridgehead atoms. The third-order valence-corrected chi connectivity index (χ3v) is 4.22. The topological polar surface area (TPSA) is 107 Å². The van der Waals surface area contributed by atoms with E-state index in [2.05, 4.69) is 25.3 Å². The molecule has 0 saturated carbocycles. The van der Waals surface area contributed by atoms with Crippen LogP contribution < -0.4 is 11.1 Å². The number of hydrogen-bond acceptors (Lipinski definition) is 6. The zero-order valence-electron chi connectivity index (χ0n) is 14.2. The second-order valence-corrected chi connectivity index (χ2v) is 6.24. The van der Waals surface area contributed by atoms with E-state index in [0.717, 1.165) is 0 Å². The van der Waals surface area contributed by atoms with Crippen molar-refractivity contribution in [3.8, 4) is 11.4 Å². The fourth-order valence-corrected chi connectivity index (χ4v) is 2.85. The van der Waals surface area contributed by atoms with Crippen molar-refractivity contribution in [1.82, 2.24) is 19.9 Å². The van der Waals surface area contributed by atoms with Crippen LogP contribution in [0.2, 0.25) is 5.02 Å². The van der Waals surface area contributed by atoms with Crippen molar-refractivity contribution < 1.29 is 9.18 Å². The molecule has 0 aliphatic carbocycles. The zero-order valence-corrected chi connectivity index (χ0v) is 15.0. The largest absolute Gasteiger partial charge is 0.365 e. The van der Waals surface area contributed by atoms with Crippen LogP contribution in [-0.4, -0.2) is 25.8 Å². The molecule has 28 heavy (non-hydrogen) atoms. The molecule has 0 spiro atoms. The maximum atomic E-state index is 14.3. The predicted molar refractivity (Wildman–Crippen MR) is 104 cm³/mol. The average molecular weight is 395 g/mol. The van der Waals surface area contributed by atoms with Crippen molar-refractivity contribution in [2.24, 2.45) is 5.73 Å². The molecule has 9 heteroatoms. The lowest BCUT2D eigenvalue weighted by atomic mass is 10.2. The monoisotopic (exact) mass is 394 g/mol. The van der Waals surface area contributed by atoms with Crippen LogP contribution in [0.15, 0.2) is 55.0 Å². The number of amides is 1. The Morgan fingerprint density at radius 1 is 1.14 bits per heavy atom. The standard InChI is InChI=1S/C19H12ClFN6O/c20-10-3-4-14(21)12(8-10)19-26-17-11(2-1-6-24-17)18(27-19)25-15-5-7-23-9-13(15)16(22)28/h1-9H,(H2,22,28)(H,23,24,25,26,27). The van der Waals surface area contributed by atoms with Crippen molar-refractivity contribution >= 4 is 40.0 Å². The number of halogens is 2. The summed E-state index contributed by atoms with van der Waals surface area (Å²) >= 11 is 6.00. The summed E-state index contributed by atoms with van der Waals surface area (Å²) in [6.45, 7) is 0. The summed E-state index contributed by atoms with van der Waals surface area (Å²) in [5.74, 6) is -0.731. The number of hydrogen-bond donors (Lipinski definition) is 2. The molecule has 0 atom stereocenters. The first-order chi connectivity index (χ1) is 13.5. The average Bonchev–Trinajstić information content (AvgIpc) is 2.70. The van der Waals surface area contributed by atoms with E-state index in [9.17, 15) is 9.18 Å². The van der Waals surface area contributed by atoms with Gasteiger partial charge in [0.15, 0.2) is 11.5 Å². The van der Waals surface area contributed by atoms with Crippen LogP contribution in [-0.2, 0) is 0 Å². The maximum absolute atomic E-state index is 14.3. The predicted octanol–water partition coefficient (Wildman–Crippen LogP) is 3.72. The number of nitrogens with zero attached hydrogens (tertiary/aromatic N) is 4. The molecule has 1 aromatic carbocycles. The summed E-state index contributed by atoms with van der Waals surface area (Å²) in [6.07, 6.45) is 4.43. The Labute approximate surface area is 163 Å². The Hall–Kier alpha value is -3.65. The van der Waals surface area contributed by atoms with E-state index in [1.54, 1.807) is 24.4 Å². The number of nitrogens with two attached hydrogens (primary N) is 1. The van der Waals surface area contributed by atoms with E-state index in [4.69, 9.17) is 17.3 Å². The molecular formula is C19H12ClFN6O. The van der Waals surface area contributed by atoms with Crippen LogP contribution in [0, 0.1) is 5.82 Å². The summed E-state index contributed by atoms with van der Waals surface area (Å²) in [5, 5.41) is 3.99. The van der Waals surface area contributed by atoms with E-state index < -0.39 is 11.7 Å². The number of carbonyl (C=O) groups excluding carboxylic acids is 1. The van der Waals surface area contributed by atoms with Crippen LogP contribution in [0.1, 0.15) is 10.4 Å². The first-order valence-electron chi connectivity index (χ1n) is 8.12. The van der Waals surface area contributed by atoms with Crippen molar-refractivity contribution in [3.63, 3.8) is 0 Å². The van der Waals surface area contributed by atoms with E-state index in [0.29, 0.717) is 27.6 Å². The highest BCUT2D eigenvalue weighted by Gasteiger charge is 2.16. The van der Waals surface area contributed by atoms with Gasteiger partial charge in [0.05, 0.1) is 22.2 Å². The van der Waals surface area contributed by atoms with Crippen LogP contribution in [0.3, 0.4) is 0 Å². The minimum Gasteiger partial charge on any atom is -0.365 e. The fourth-order valence-electron chi connectivity index (χ4n) is 2.67. The molecule has 0 radical (unpaired) electrons. The van der Waals surface area contributed by atoms with Gasteiger partial charge < -0.3 is 11.1 Å². The summed E-state index contributed by atoms with van der Waals surface area (Å²) < 4.78 is 14.3. The molecule has 3 heterocycles. The van der Waals surface area contributed by atoms with Gasteiger partial charge in [0.1, 0.15) is 11.6 Å². The van der Waals surface area contributed by atoms with Crippen molar-refractivity contribution in [3.05, 3.63) is 71.4 Å². The SMILES string of the molecule is NC(=O)c1cnccc1Nc1nc(-c2cc(Cl)ccc2F)nc2ncccc12. The minimum atomic E-state index is -0.645. The Morgan fingerprint density at radius 3 is 2.82 bits per heavy atom. The zero-order chi connectivity index (χ0) is 19.7. The highest BCUT2D eigenvalue weighted by Crippen LogP contribution is 2.29. The Morgan fingerprint density at radius 2 is 2.00 bits per heavy atom. The third-order valence-electron chi connectivity index (χ3n) is 3.98. The van der Waals surface area contributed by atoms with Gasteiger partial charge in [-0.2, -0.15) is 0 Å².